The molecule has 0 saturated heterocycles. The van der Waals surface area contributed by atoms with E-state index in [1.807, 2.05) is 18.3 Å². The highest BCUT2D eigenvalue weighted by atomic mass is 35.5. The predicted octanol–water partition coefficient (Wildman–Crippen LogP) is 4.70. The number of ether oxygens (including phenoxy) is 2. The third-order valence-corrected chi connectivity index (χ3v) is 4.99. The maximum atomic E-state index is 12.6. The van der Waals surface area contributed by atoms with Crippen LogP contribution < -0.4 is 15.0 Å². The highest BCUT2D eigenvalue weighted by Crippen LogP contribution is 2.36. The number of nitrogens with one attached hydrogen (secondary N) is 1. The minimum Gasteiger partial charge on any atom is -0.493 e. The lowest BCUT2D eigenvalue weighted by Gasteiger charge is -2.09. The molecule has 0 fully saturated rings. The second-order valence-corrected chi connectivity index (χ2v) is 6.85. The van der Waals surface area contributed by atoms with Gasteiger partial charge in [-0.2, -0.15) is 0 Å². The van der Waals surface area contributed by atoms with Gasteiger partial charge in [0.1, 0.15) is 0 Å². The summed E-state index contributed by atoms with van der Waals surface area (Å²) in [6.45, 7) is 0. The van der Waals surface area contributed by atoms with Crippen molar-refractivity contribution in [2.45, 2.75) is 0 Å². The van der Waals surface area contributed by atoms with Crippen molar-refractivity contribution in [1.29, 1.82) is 0 Å². The number of halogens is 2. The van der Waals surface area contributed by atoms with E-state index in [9.17, 15) is 4.79 Å². The number of aromatic amines is 1. The van der Waals surface area contributed by atoms with Gasteiger partial charge in [0.15, 0.2) is 17.1 Å². The topological polar surface area (TPSA) is 69.1 Å². The molecular formula is C20H15Cl2N3O3. The van der Waals surface area contributed by atoms with Crippen molar-refractivity contribution in [3.8, 4) is 28.3 Å². The standard InChI is InChI=1S/C20H15Cl2N3O3/c1-27-16-6-3-11(7-17(16)28-2)13-9-25(15-5-4-12(21)8-14(15)22)19-18(13)20(26)24-10-23-19/h3-10H,1-2H3,(H,23,24,26). The fourth-order valence-corrected chi connectivity index (χ4v) is 3.65. The summed E-state index contributed by atoms with van der Waals surface area (Å²) in [6.07, 6.45) is 3.19. The second kappa shape index (κ2) is 7.22. The van der Waals surface area contributed by atoms with Gasteiger partial charge < -0.3 is 14.5 Å². The van der Waals surface area contributed by atoms with Gasteiger partial charge in [0.25, 0.3) is 5.56 Å². The fourth-order valence-electron chi connectivity index (χ4n) is 3.15. The molecule has 0 aliphatic rings. The van der Waals surface area contributed by atoms with Gasteiger partial charge in [-0.15, -0.1) is 0 Å². The molecule has 8 heteroatoms. The van der Waals surface area contributed by atoms with Gasteiger partial charge in [-0.3, -0.25) is 9.36 Å². The van der Waals surface area contributed by atoms with Crippen LogP contribution in [0.1, 0.15) is 0 Å². The Morgan fingerprint density at radius 3 is 2.54 bits per heavy atom. The first-order valence-corrected chi connectivity index (χ1v) is 9.05. The predicted molar refractivity (Wildman–Crippen MR) is 110 cm³/mol. The Morgan fingerprint density at radius 1 is 1.04 bits per heavy atom. The minimum atomic E-state index is -0.251. The Hall–Kier alpha value is -2.96. The van der Waals surface area contributed by atoms with E-state index in [4.69, 9.17) is 32.7 Å². The van der Waals surface area contributed by atoms with Gasteiger partial charge in [0.2, 0.25) is 0 Å². The molecule has 0 atom stereocenters. The molecule has 0 bridgehead atoms. The highest BCUT2D eigenvalue weighted by molar-refractivity contribution is 6.35. The molecule has 0 aliphatic carbocycles. The number of hydrogen-bond donors (Lipinski definition) is 1. The highest BCUT2D eigenvalue weighted by Gasteiger charge is 2.18. The molecule has 0 saturated carbocycles. The number of hydrogen-bond acceptors (Lipinski definition) is 4. The lowest BCUT2D eigenvalue weighted by molar-refractivity contribution is 0.355. The lowest BCUT2D eigenvalue weighted by atomic mass is 10.1. The zero-order chi connectivity index (χ0) is 19.8. The van der Waals surface area contributed by atoms with E-state index >= 15 is 0 Å². The lowest BCUT2D eigenvalue weighted by Crippen LogP contribution is -2.07. The molecule has 6 nitrogen and oxygen atoms in total. The Balaban J connectivity index is 2.02. The van der Waals surface area contributed by atoms with Crippen molar-refractivity contribution in [1.82, 2.24) is 14.5 Å². The largest absolute Gasteiger partial charge is 0.493 e. The molecule has 0 unspecified atom stereocenters. The first kappa shape index (κ1) is 18.4. The van der Waals surface area contributed by atoms with Crippen molar-refractivity contribution in [3.63, 3.8) is 0 Å². The van der Waals surface area contributed by atoms with Crippen LogP contribution in [-0.2, 0) is 0 Å². The summed E-state index contributed by atoms with van der Waals surface area (Å²) in [6, 6.07) is 10.6. The van der Waals surface area contributed by atoms with Crippen molar-refractivity contribution in [3.05, 3.63) is 69.3 Å². The van der Waals surface area contributed by atoms with Gasteiger partial charge in [-0.25, -0.2) is 4.98 Å². The molecule has 142 valence electrons. The maximum absolute atomic E-state index is 12.6. The first-order valence-electron chi connectivity index (χ1n) is 8.30. The average molecular weight is 416 g/mol. The third-order valence-electron chi connectivity index (χ3n) is 4.45. The van der Waals surface area contributed by atoms with E-state index in [1.165, 1.54) is 6.33 Å². The van der Waals surface area contributed by atoms with Crippen LogP contribution >= 0.6 is 23.2 Å². The third kappa shape index (κ3) is 3.00. The number of nitrogens with zero attached hydrogens (tertiary/aromatic N) is 2. The van der Waals surface area contributed by atoms with Gasteiger partial charge in [0, 0.05) is 16.8 Å². The molecule has 2 heterocycles. The van der Waals surface area contributed by atoms with Crippen molar-refractivity contribution in [2.75, 3.05) is 14.2 Å². The van der Waals surface area contributed by atoms with Crippen LogP contribution in [-0.4, -0.2) is 28.8 Å². The van der Waals surface area contributed by atoms with Gasteiger partial charge in [-0.05, 0) is 35.9 Å². The quantitative estimate of drug-likeness (QED) is 0.524. The molecule has 2 aromatic carbocycles. The van der Waals surface area contributed by atoms with Gasteiger partial charge >= 0.3 is 0 Å². The number of aromatic nitrogens is 3. The van der Waals surface area contributed by atoms with Crippen LogP contribution in [0.3, 0.4) is 0 Å². The summed E-state index contributed by atoms with van der Waals surface area (Å²) in [7, 11) is 3.13. The molecular weight excluding hydrogens is 401 g/mol. The van der Waals surface area contributed by atoms with Crippen LogP contribution in [0.15, 0.2) is 53.7 Å². The Labute approximate surface area is 170 Å². The molecule has 4 aromatic rings. The van der Waals surface area contributed by atoms with Crippen LogP contribution in [0.5, 0.6) is 11.5 Å². The summed E-state index contributed by atoms with van der Waals surface area (Å²) in [5.74, 6) is 1.16. The molecule has 0 spiro atoms. The number of rotatable bonds is 4. The summed E-state index contributed by atoms with van der Waals surface area (Å²) in [4.78, 5) is 19.6. The molecule has 0 aliphatic heterocycles. The smallest absolute Gasteiger partial charge is 0.260 e. The average Bonchev–Trinajstić information content (AvgIpc) is 3.08. The zero-order valence-electron chi connectivity index (χ0n) is 15.0. The fraction of sp³-hybridized carbons (Fsp3) is 0.100. The number of methoxy groups -OCH3 is 2. The normalized spacial score (nSPS) is 11.0. The Bertz CT molecular complexity index is 1250. The summed E-state index contributed by atoms with van der Waals surface area (Å²) in [5, 5.41) is 1.42. The number of benzene rings is 2. The first-order chi connectivity index (χ1) is 13.5. The van der Waals surface area contributed by atoms with Gasteiger partial charge in [-0.1, -0.05) is 29.3 Å². The molecule has 1 N–H and O–H groups in total. The molecule has 0 radical (unpaired) electrons. The molecule has 2 aromatic heterocycles. The van der Waals surface area contributed by atoms with E-state index in [0.717, 1.165) is 5.56 Å². The van der Waals surface area contributed by atoms with Crippen LogP contribution in [0.25, 0.3) is 27.8 Å². The van der Waals surface area contributed by atoms with Gasteiger partial charge in [0.05, 0.1) is 36.6 Å². The Morgan fingerprint density at radius 2 is 1.82 bits per heavy atom. The van der Waals surface area contributed by atoms with E-state index < -0.39 is 0 Å². The van der Waals surface area contributed by atoms with Crippen LogP contribution in [0.4, 0.5) is 0 Å². The number of H-pyrrole nitrogens is 1. The van der Waals surface area contributed by atoms with E-state index in [2.05, 4.69) is 9.97 Å². The van der Waals surface area contributed by atoms with Crippen LogP contribution in [0.2, 0.25) is 10.0 Å². The van der Waals surface area contributed by atoms with E-state index in [0.29, 0.717) is 43.8 Å². The number of fused-ring (bicyclic) bond motifs is 1. The summed E-state index contributed by atoms with van der Waals surface area (Å²) in [5.41, 5.74) is 2.37. The molecule has 0 amide bonds. The van der Waals surface area contributed by atoms with Crippen LogP contribution in [0, 0.1) is 0 Å². The molecule has 28 heavy (non-hydrogen) atoms. The zero-order valence-corrected chi connectivity index (χ0v) is 16.5. The Kier molecular flexibility index (Phi) is 4.75. The van der Waals surface area contributed by atoms with E-state index in [-0.39, 0.29) is 5.56 Å². The van der Waals surface area contributed by atoms with Crippen molar-refractivity contribution in [2.24, 2.45) is 0 Å². The minimum absolute atomic E-state index is 0.251. The van der Waals surface area contributed by atoms with Crippen molar-refractivity contribution < 1.29 is 9.47 Å². The monoisotopic (exact) mass is 415 g/mol. The second-order valence-electron chi connectivity index (χ2n) is 6.01. The SMILES string of the molecule is COc1ccc(-c2cn(-c3ccc(Cl)cc3Cl)c3nc[nH]c(=O)c23)cc1OC. The summed E-state index contributed by atoms with van der Waals surface area (Å²) < 4.78 is 12.5. The molecule has 4 rings (SSSR count). The van der Waals surface area contributed by atoms with E-state index in [1.54, 1.807) is 43.1 Å². The van der Waals surface area contributed by atoms with Crippen molar-refractivity contribution >= 4 is 34.2 Å². The maximum Gasteiger partial charge on any atom is 0.260 e. The summed E-state index contributed by atoms with van der Waals surface area (Å²) >= 11 is 12.4.